The summed E-state index contributed by atoms with van der Waals surface area (Å²) in [7, 11) is 0. The van der Waals surface area contributed by atoms with Crippen molar-refractivity contribution in [3.8, 4) is 0 Å². The van der Waals surface area contributed by atoms with Gasteiger partial charge in [0.15, 0.2) is 0 Å². The molecule has 0 radical (unpaired) electrons. The minimum absolute atomic E-state index is 0.646. The van der Waals surface area contributed by atoms with Crippen molar-refractivity contribution in [3.63, 3.8) is 0 Å². The van der Waals surface area contributed by atoms with E-state index < -0.39 is 0 Å². The average molecular weight is 211 g/mol. The normalized spacial score (nSPS) is 28.2. The van der Waals surface area contributed by atoms with Crippen LogP contribution in [0.2, 0.25) is 0 Å². The predicted octanol–water partition coefficient (Wildman–Crippen LogP) is 3.93. The van der Waals surface area contributed by atoms with Crippen molar-refractivity contribution in [2.75, 3.05) is 13.1 Å². The zero-order valence-electron chi connectivity index (χ0n) is 11.3. The van der Waals surface area contributed by atoms with Crippen molar-refractivity contribution in [1.82, 2.24) is 4.90 Å². The Morgan fingerprint density at radius 2 is 1.87 bits per heavy atom. The second-order valence-corrected chi connectivity index (χ2v) is 6.16. The number of rotatable bonds is 5. The third kappa shape index (κ3) is 3.48. The molecule has 0 spiro atoms. The van der Waals surface area contributed by atoms with Crippen LogP contribution >= 0.6 is 0 Å². The lowest BCUT2D eigenvalue weighted by Crippen LogP contribution is -2.32. The topological polar surface area (TPSA) is 3.24 Å². The summed E-state index contributed by atoms with van der Waals surface area (Å²) in [4.78, 5) is 2.66. The maximum atomic E-state index is 2.66. The lowest BCUT2D eigenvalue weighted by molar-refractivity contribution is 0.181. The van der Waals surface area contributed by atoms with E-state index in [0.717, 1.165) is 12.0 Å². The first-order valence-corrected chi connectivity index (χ1v) is 6.73. The summed E-state index contributed by atoms with van der Waals surface area (Å²) in [6.07, 6.45) is 5.62. The van der Waals surface area contributed by atoms with E-state index in [1.807, 2.05) is 0 Å². The summed E-state index contributed by atoms with van der Waals surface area (Å²) >= 11 is 0. The third-order valence-corrected chi connectivity index (χ3v) is 3.82. The molecular weight excluding hydrogens is 182 g/mol. The van der Waals surface area contributed by atoms with Gasteiger partial charge in [0.25, 0.3) is 0 Å². The Morgan fingerprint density at radius 1 is 1.20 bits per heavy atom. The number of hydrogen-bond donors (Lipinski definition) is 0. The Hall–Kier alpha value is -0.0400. The molecule has 15 heavy (non-hydrogen) atoms. The van der Waals surface area contributed by atoms with E-state index in [4.69, 9.17) is 0 Å². The maximum absolute atomic E-state index is 2.66. The van der Waals surface area contributed by atoms with E-state index in [1.165, 1.54) is 38.8 Å². The van der Waals surface area contributed by atoms with Crippen LogP contribution in [0, 0.1) is 11.3 Å². The highest BCUT2D eigenvalue weighted by atomic mass is 15.2. The first-order chi connectivity index (χ1) is 6.99. The standard InChI is InChI=1S/C14H29N/c1-6-7-14(10-12(2)3)8-9-15(11-14)13(4)5/h12-13H,6-11H2,1-5H3. The lowest BCUT2D eigenvalue weighted by atomic mass is 9.76. The molecule has 1 nitrogen and oxygen atoms in total. The molecule has 0 amide bonds. The van der Waals surface area contributed by atoms with Crippen LogP contribution in [-0.4, -0.2) is 24.0 Å². The van der Waals surface area contributed by atoms with E-state index in [2.05, 4.69) is 39.5 Å². The molecule has 1 heteroatoms. The molecule has 0 N–H and O–H groups in total. The summed E-state index contributed by atoms with van der Waals surface area (Å²) in [6, 6.07) is 0.732. The van der Waals surface area contributed by atoms with E-state index in [1.54, 1.807) is 0 Å². The third-order valence-electron chi connectivity index (χ3n) is 3.82. The quantitative estimate of drug-likeness (QED) is 0.666. The monoisotopic (exact) mass is 211 g/mol. The molecule has 0 aliphatic carbocycles. The summed E-state index contributed by atoms with van der Waals surface area (Å²) < 4.78 is 0. The molecule has 0 aromatic heterocycles. The van der Waals surface area contributed by atoms with Crippen LogP contribution in [0.5, 0.6) is 0 Å². The fourth-order valence-corrected chi connectivity index (χ4v) is 3.28. The van der Waals surface area contributed by atoms with Crippen molar-refractivity contribution in [3.05, 3.63) is 0 Å². The number of nitrogens with zero attached hydrogens (tertiary/aromatic N) is 1. The van der Waals surface area contributed by atoms with Crippen LogP contribution in [0.15, 0.2) is 0 Å². The lowest BCUT2D eigenvalue weighted by Gasteiger charge is -2.32. The molecule has 1 fully saturated rings. The van der Waals surface area contributed by atoms with Gasteiger partial charge in [0.1, 0.15) is 0 Å². The molecule has 0 saturated carbocycles. The minimum Gasteiger partial charge on any atom is -0.300 e. The highest BCUT2D eigenvalue weighted by molar-refractivity contribution is 4.91. The number of hydrogen-bond acceptors (Lipinski definition) is 1. The van der Waals surface area contributed by atoms with Crippen molar-refractivity contribution in [1.29, 1.82) is 0 Å². The summed E-state index contributed by atoms with van der Waals surface area (Å²) in [6.45, 7) is 14.4. The molecule has 1 atom stereocenters. The fraction of sp³-hybridized carbons (Fsp3) is 1.00. The molecule has 1 heterocycles. The molecule has 1 saturated heterocycles. The first kappa shape index (κ1) is 13.0. The van der Waals surface area contributed by atoms with Crippen LogP contribution in [0.4, 0.5) is 0 Å². The van der Waals surface area contributed by atoms with Gasteiger partial charge in [-0.15, -0.1) is 0 Å². The Bertz CT molecular complexity index is 186. The van der Waals surface area contributed by atoms with Crippen molar-refractivity contribution in [2.24, 2.45) is 11.3 Å². The molecule has 1 unspecified atom stereocenters. The maximum Gasteiger partial charge on any atom is 0.00413 e. The Labute approximate surface area is 96.2 Å². The Kier molecular flexibility index (Phi) is 4.64. The Balaban J connectivity index is 2.60. The zero-order valence-corrected chi connectivity index (χ0v) is 11.3. The van der Waals surface area contributed by atoms with Gasteiger partial charge < -0.3 is 4.90 Å². The highest BCUT2D eigenvalue weighted by Gasteiger charge is 2.38. The predicted molar refractivity (Wildman–Crippen MR) is 68.1 cm³/mol. The van der Waals surface area contributed by atoms with Gasteiger partial charge in [0, 0.05) is 12.6 Å². The number of likely N-dealkylation sites (tertiary alicyclic amines) is 1. The van der Waals surface area contributed by atoms with Crippen LogP contribution in [0.25, 0.3) is 0 Å². The van der Waals surface area contributed by atoms with E-state index in [-0.39, 0.29) is 0 Å². The molecule has 0 aromatic carbocycles. The molecule has 1 aliphatic heterocycles. The Morgan fingerprint density at radius 3 is 2.27 bits per heavy atom. The van der Waals surface area contributed by atoms with Crippen molar-refractivity contribution >= 4 is 0 Å². The van der Waals surface area contributed by atoms with Crippen molar-refractivity contribution < 1.29 is 0 Å². The van der Waals surface area contributed by atoms with Gasteiger partial charge >= 0.3 is 0 Å². The average Bonchev–Trinajstić information content (AvgIpc) is 2.48. The molecular formula is C14H29N. The second-order valence-electron chi connectivity index (χ2n) is 6.16. The van der Waals surface area contributed by atoms with E-state index in [0.29, 0.717) is 5.41 Å². The van der Waals surface area contributed by atoms with Gasteiger partial charge in [-0.25, -0.2) is 0 Å². The van der Waals surface area contributed by atoms with Crippen LogP contribution in [0.1, 0.15) is 60.3 Å². The van der Waals surface area contributed by atoms with Gasteiger partial charge in [-0.05, 0) is 51.0 Å². The summed E-state index contributed by atoms with van der Waals surface area (Å²) in [5.74, 6) is 0.851. The highest BCUT2D eigenvalue weighted by Crippen LogP contribution is 2.41. The van der Waals surface area contributed by atoms with E-state index in [9.17, 15) is 0 Å². The molecule has 1 aliphatic rings. The van der Waals surface area contributed by atoms with Gasteiger partial charge in [0.05, 0.1) is 0 Å². The van der Waals surface area contributed by atoms with Crippen LogP contribution in [-0.2, 0) is 0 Å². The van der Waals surface area contributed by atoms with Gasteiger partial charge in [-0.3, -0.25) is 0 Å². The summed E-state index contributed by atoms with van der Waals surface area (Å²) in [5.41, 5.74) is 0.646. The minimum atomic E-state index is 0.646. The van der Waals surface area contributed by atoms with Gasteiger partial charge in [-0.1, -0.05) is 27.2 Å². The van der Waals surface area contributed by atoms with Crippen LogP contribution in [0.3, 0.4) is 0 Å². The molecule has 0 bridgehead atoms. The van der Waals surface area contributed by atoms with Gasteiger partial charge in [-0.2, -0.15) is 0 Å². The molecule has 1 rings (SSSR count). The van der Waals surface area contributed by atoms with Crippen molar-refractivity contribution in [2.45, 2.75) is 66.3 Å². The fourth-order valence-electron chi connectivity index (χ4n) is 3.28. The molecule has 90 valence electrons. The summed E-state index contributed by atoms with van der Waals surface area (Å²) in [5, 5.41) is 0. The first-order valence-electron chi connectivity index (χ1n) is 6.73. The van der Waals surface area contributed by atoms with Gasteiger partial charge in [0.2, 0.25) is 0 Å². The largest absolute Gasteiger partial charge is 0.300 e. The van der Waals surface area contributed by atoms with E-state index >= 15 is 0 Å². The second kappa shape index (κ2) is 5.34. The SMILES string of the molecule is CCCC1(CC(C)C)CCN(C(C)C)C1. The zero-order chi connectivity index (χ0) is 11.5. The smallest absolute Gasteiger partial charge is 0.00413 e. The van der Waals surface area contributed by atoms with Crippen LogP contribution < -0.4 is 0 Å². The molecule has 0 aromatic rings.